The summed E-state index contributed by atoms with van der Waals surface area (Å²) < 4.78 is 5.43. The van der Waals surface area contributed by atoms with Crippen molar-refractivity contribution in [2.45, 2.75) is 51.8 Å². The molecule has 0 atom stereocenters. The van der Waals surface area contributed by atoms with Crippen LogP contribution in [0.2, 0.25) is 0 Å². The van der Waals surface area contributed by atoms with Crippen molar-refractivity contribution < 1.29 is 9.53 Å². The Hall–Kier alpha value is -1.14. The van der Waals surface area contributed by atoms with Crippen molar-refractivity contribution in [1.29, 1.82) is 0 Å². The smallest absolute Gasteiger partial charge is 0.410 e. The van der Waals surface area contributed by atoms with Gasteiger partial charge in [-0.2, -0.15) is 0 Å². The Morgan fingerprint density at radius 3 is 2.67 bits per heavy atom. The number of carbonyl (C=O) groups excluding carboxylic acids is 1. The molecular formula is C15H25N3O2S. The molecule has 1 aromatic rings. The lowest BCUT2D eigenvalue weighted by Gasteiger charge is -2.37. The van der Waals surface area contributed by atoms with Crippen LogP contribution < -0.4 is 0 Å². The largest absolute Gasteiger partial charge is 0.444 e. The first-order valence-electron chi connectivity index (χ1n) is 7.41. The fraction of sp³-hybridized carbons (Fsp3) is 0.733. The molecule has 6 heteroatoms. The molecule has 0 unspecified atom stereocenters. The van der Waals surface area contributed by atoms with Gasteiger partial charge >= 0.3 is 6.09 Å². The molecule has 1 fully saturated rings. The lowest BCUT2D eigenvalue weighted by molar-refractivity contribution is 0.0149. The fourth-order valence-corrected chi connectivity index (χ4v) is 3.12. The Morgan fingerprint density at radius 2 is 2.14 bits per heavy atom. The molecule has 0 aliphatic carbocycles. The highest BCUT2D eigenvalue weighted by Crippen LogP contribution is 2.20. The topological polar surface area (TPSA) is 45.7 Å². The molecule has 0 N–H and O–H groups in total. The quantitative estimate of drug-likeness (QED) is 0.861. The maximum absolute atomic E-state index is 12.1. The molecule has 0 radical (unpaired) electrons. The van der Waals surface area contributed by atoms with Gasteiger partial charge in [-0.3, -0.25) is 9.88 Å². The van der Waals surface area contributed by atoms with Crippen molar-refractivity contribution in [1.82, 2.24) is 14.8 Å². The number of aromatic nitrogens is 1. The van der Waals surface area contributed by atoms with Crippen LogP contribution in [0.3, 0.4) is 0 Å². The van der Waals surface area contributed by atoms with Gasteiger partial charge in [-0.1, -0.05) is 0 Å². The first kappa shape index (κ1) is 16.2. The highest BCUT2D eigenvalue weighted by atomic mass is 32.1. The highest BCUT2D eigenvalue weighted by Gasteiger charge is 2.28. The van der Waals surface area contributed by atoms with Gasteiger partial charge in [0.25, 0.3) is 0 Å². The highest BCUT2D eigenvalue weighted by molar-refractivity contribution is 7.09. The zero-order valence-electron chi connectivity index (χ0n) is 13.3. The standard InChI is InChI=1S/C15H25N3O2S/c1-15(2,3)20-14(19)17(4)12-5-7-18(8-6-12)10-13-9-16-11-21-13/h9,11-12H,5-8,10H2,1-4H3. The molecule has 1 aliphatic heterocycles. The molecule has 1 aromatic heterocycles. The maximum atomic E-state index is 12.1. The predicted molar refractivity (Wildman–Crippen MR) is 84.4 cm³/mol. The lowest BCUT2D eigenvalue weighted by atomic mass is 10.0. The molecular weight excluding hydrogens is 286 g/mol. The van der Waals surface area contributed by atoms with Crippen LogP contribution in [-0.4, -0.2) is 52.7 Å². The molecule has 2 rings (SSSR count). The van der Waals surface area contributed by atoms with Gasteiger partial charge in [0.05, 0.1) is 5.51 Å². The monoisotopic (exact) mass is 311 g/mol. The predicted octanol–water partition coefficient (Wildman–Crippen LogP) is 2.97. The summed E-state index contributed by atoms with van der Waals surface area (Å²) >= 11 is 1.70. The van der Waals surface area contributed by atoms with Gasteiger partial charge in [0.2, 0.25) is 0 Å². The zero-order chi connectivity index (χ0) is 15.5. The van der Waals surface area contributed by atoms with Crippen LogP contribution in [0.15, 0.2) is 11.7 Å². The van der Waals surface area contributed by atoms with Crippen molar-refractivity contribution >= 4 is 17.4 Å². The third-order valence-electron chi connectivity index (χ3n) is 3.65. The summed E-state index contributed by atoms with van der Waals surface area (Å²) in [5.74, 6) is 0. The summed E-state index contributed by atoms with van der Waals surface area (Å²) in [5.41, 5.74) is 1.44. The number of hydrogen-bond donors (Lipinski definition) is 0. The first-order chi connectivity index (χ1) is 9.85. The van der Waals surface area contributed by atoms with Gasteiger partial charge in [0, 0.05) is 43.8 Å². The summed E-state index contributed by atoms with van der Waals surface area (Å²) in [5, 5.41) is 0. The van der Waals surface area contributed by atoms with E-state index in [4.69, 9.17) is 4.74 Å². The molecule has 21 heavy (non-hydrogen) atoms. The van der Waals surface area contributed by atoms with Crippen molar-refractivity contribution in [2.75, 3.05) is 20.1 Å². The second kappa shape index (κ2) is 6.75. The molecule has 2 heterocycles. The Labute approximate surface area is 130 Å². The average molecular weight is 311 g/mol. The summed E-state index contributed by atoms with van der Waals surface area (Å²) in [6, 6.07) is 0.276. The Balaban J connectivity index is 1.79. The van der Waals surface area contributed by atoms with E-state index in [1.54, 1.807) is 16.2 Å². The molecule has 0 bridgehead atoms. The number of rotatable bonds is 3. The van der Waals surface area contributed by atoms with Crippen LogP contribution >= 0.6 is 11.3 Å². The molecule has 0 aromatic carbocycles. The summed E-state index contributed by atoms with van der Waals surface area (Å²) in [6.07, 6.45) is 3.70. The van der Waals surface area contributed by atoms with Gasteiger partial charge in [0.15, 0.2) is 0 Å². The second-order valence-corrected chi connectivity index (χ2v) is 7.54. The maximum Gasteiger partial charge on any atom is 0.410 e. The van der Waals surface area contributed by atoms with Crippen molar-refractivity contribution in [2.24, 2.45) is 0 Å². The summed E-state index contributed by atoms with van der Waals surface area (Å²) in [6.45, 7) is 8.68. The van der Waals surface area contributed by atoms with Gasteiger partial charge in [-0.15, -0.1) is 11.3 Å². The van der Waals surface area contributed by atoms with E-state index >= 15 is 0 Å². The van der Waals surface area contributed by atoms with Crippen molar-refractivity contribution in [3.63, 3.8) is 0 Å². The molecule has 118 valence electrons. The third kappa shape index (κ3) is 4.97. The minimum atomic E-state index is -0.432. The van der Waals surface area contributed by atoms with E-state index in [1.807, 2.05) is 39.5 Å². The molecule has 0 spiro atoms. The normalized spacial score (nSPS) is 17.7. The summed E-state index contributed by atoms with van der Waals surface area (Å²) in [7, 11) is 1.84. The van der Waals surface area contributed by atoms with E-state index in [2.05, 4.69) is 9.88 Å². The second-order valence-electron chi connectivity index (χ2n) is 6.57. The Bertz CT molecular complexity index is 448. The molecule has 1 amide bonds. The van der Waals surface area contributed by atoms with Gasteiger partial charge in [-0.25, -0.2) is 4.79 Å². The van der Waals surface area contributed by atoms with E-state index in [1.165, 1.54) is 4.88 Å². The van der Waals surface area contributed by atoms with Crippen LogP contribution in [0, 0.1) is 0 Å². The molecule has 1 saturated heterocycles. The number of nitrogens with zero attached hydrogens (tertiary/aromatic N) is 3. The first-order valence-corrected chi connectivity index (χ1v) is 8.28. The molecule has 5 nitrogen and oxygen atoms in total. The SMILES string of the molecule is CN(C(=O)OC(C)(C)C)C1CCN(Cc2cncs2)CC1. The van der Waals surface area contributed by atoms with Gasteiger partial charge in [0.1, 0.15) is 5.60 Å². The van der Waals surface area contributed by atoms with Crippen LogP contribution in [-0.2, 0) is 11.3 Å². The average Bonchev–Trinajstić information content (AvgIpc) is 2.90. The molecule has 0 saturated carbocycles. The van der Waals surface area contributed by atoms with E-state index in [0.29, 0.717) is 0 Å². The molecule has 1 aliphatic rings. The van der Waals surface area contributed by atoms with Crippen LogP contribution in [0.5, 0.6) is 0 Å². The van der Waals surface area contributed by atoms with Gasteiger partial charge in [-0.05, 0) is 33.6 Å². The van der Waals surface area contributed by atoms with E-state index < -0.39 is 5.60 Å². The van der Waals surface area contributed by atoms with E-state index in [-0.39, 0.29) is 12.1 Å². The van der Waals surface area contributed by atoms with Crippen LogP contribution in [0.1, 0.15) is 38.5 Å². The van der Waals surface area contributed by atoms with Gasteiger partial charge < -0.3 is 9.64 Å². The zero-order valence-corrected chi connectivity index (χ0v) is 14.2. The number of ether oxygens (including phenoxy) is 1. The lowest BCUT2D eigenvalue weighted by Crippen LogP contribution is -2.46. The minimum Gasteiger partial charge on any atom is -0.444 e. The minimum absolute atomic E-state index is 0.219. The Kier molecular flexibility index (Phi) is 5.22. The van der Waals surface area contributed by atoms with Crippen LogP contribution in [0.4, 0.5) is 4.79 Å². The third-order valence-corrected chi connectivity index (χ3v) is 4.41. The summed E-state index contributed by atoms with van der Waals surface area (Å²) in [4.78, 5) is 21.7. The number of hydrogen-bond acceptors (Lipinski definition) is 5. The van der Waals surface area contributed by atoms with Crippen LogP contribution in [0.25, 0.3) is 0 Å². The number of piperidine rings is 1. The van der Waals surface area contributed by atoms with Crippen molar-refractivity contribution in [3.05, 3.63) is 16.6 Å². The number of carbonyl (C=O) groups is 1. The Morgan fingerprint density at radius 1 is 1.48 bits per heavy atom. The number of likely N-dealkylation sites (tertiary alicyclic amines) is 1. The number of thiazole rings is 1. The van der Waals surface area contributed by atoms with Crippen molar-refractivity contribution in [3.8, 4) is 0 Å². The number of amides is 1. The van der Waals surface area contributed by atoms with E-state index in [0.717, 1.165) is 32.5 Å². The fourth-order valence-electron chi connectivity index (χ4n) is 2.49. The van der Waals surface area contributed by atoms with E-state index in [9.17, 15) is 4.79 Å².